The molecule has 1 nitrogen and oxygen atoms in total. The van der Waals surface area contributed by atoms with E-state index in [2.05, 4.69) is 0 Å². The number of hydrogen-bond donors (Lipinski definition) is 0. The first-order valence-corrected chi connectivity index (χ1v) is 4.73. The molecule has 1 aromatic heterocycles. The number of benzene rings is 1. The predicted molar refractivity (Wildman–Crippen MR) is 59.9 cm³/mol. The zero-order chi connectivity index (χ0) is 13.8. The van der Waals surface area contributed by atoms with Gasteiger partial charge in [-0.25, -0.2) is 0 Å². The fourth-order valence-corrected chi connectivity index (χ4v) is 1.25. The lowest BCUT2D eigenvalue weighted by atomic mass is 9.93. The smallest absolute Gasteiger partial charge is 0.135 e. The Morgan fingerprint density at radius 2 is 2.00 bits per heavy atom. The molecule has 0 bridgehead atoms. The molecule has 0 saturated carbocycles. The molecular weight excluding hydrogens is 196 g/mol. The first-order chi connectivity index (χ1) is 8.16. The predicted octanol–water partition coefficient (Wildman–Crippen LogP) is 4.38. The van der Waals surface area contributed by atoms with E-state index in [9.17, 15) is 0 Å². The van der Waals surface area contributed by atoms with E-state index >= 15 is 0 Å². The van der Waals surface area contributed by atoms with E-state index in [0.29, 0.717) is 5.76 Å². The van der Waals surface area contributed by atoms with E-state index in [4.69, 9.17) is 21.5 Å². The number of rotatable bonds is 0. The van der Waals surface area contributed by atoms with Gasteiger partial charge in [0.2, 0.25) is 0 Å². The molecule has 0 spiro atoms. The minimum atomic E-state index is -0.399. The van der Waals surface area contributed by atoms with Crippen molar-refractivity contribution in [1.82, 2.24) is 0 Å². The van der Waals surface area contributed by atoms with E-state index < -0.39 is 5.41 Å². The van der Waals surface area contributed by atoms with Gasteiger partial charge in [0.25, 0.3) is 0 Å². The highest BCUT2D eigenvalue weighted by molar-refractivity contribution is 6.31. The van der Waals surface area contributed by atoms with E-state index in [0.717, 1.165) is 0 Å². The van der Waals surface area contributed by atoms with Crippen LogP contribution in [0.1, 0.15) is 32.0 Å². The number of halogens is 1. The summed E-state index contributed by atoms with van der Waals surface area (Å²) < 4.78 is 36.9. The zero-order valence-electron chi connectivity index (χ0n) is 12.3. The van der Waals surface area contributed by atoms with E-state index in [1.807, 2.05) is 20.8 Å². The summed E-state index contributed by atoms with van der Waals surface area (Å²) in [7, 11) is 0. The van der Waals surface area contributed by atoms with Crippen molar-refractivity contribution >= 4 is 22.6 Å². The first-order valence-electron chi connectivity index (χ1n) is 6.35. The van der Waals surface area contributed by atoms with Crippen LogP contribution in [-0.4, -0.2) is 0 Å². The molecule has 2 rings (SSSR count). The van der Waals surface area contributed by atoms with Crippen LogP contribution in [-0.2, 0) is 5.41 Å². The van der Waals surface area contributed by atoms with Crippen molar-refractivity contribution < 1.29 is 9.90 Å². The standard InChI is InChI=1S/C12H13ClO/c1-12(2,3)11-6-8-4-5-9(13)7-10(8)14-11/h4-7H,1-3H3/i4D,5D,6D,7D. The van der Waals surface area contributed by atoms with Crippen molar-refractivity contribution in [1.29, 1.82) is 0 Å². The highest BCUT2D eigenvalue weighted by Gasteiger charge is 2.18. The quantitative estimate of drug-likeness (QED) is 0.632. The Hall–Kier alpha value is -0.950. The molecule has 0 N–H and O–H groups in total. The van der Waals surface area contributed by atoms with Crippen LogP contribution in [0.15, 0.2) is 28.6 Å². The van der Waals surface area contributed by atoms with Crippen LogP contribution in [0.25, 0.3) is 11.0 Å². The first kappa shape index (κ1) is 5.82. The van der Waals surface area contributed by atoms with E-state index in [-0.39, 0.29) is 40.2 Å². The summed E-state index contributed by atoms with van der Waals surface area (Å²) >= 11 is 5.82. The van der Waals surface area contributed by atoms with Gasteiger partial charge in [0.1, 0.15) is 11.3 Å². The Morgan fingerprint density at radius 1 is 1.29 bits per heavy atom. The monoisotopic (exact) mass is 212 g/mol. The Kier molecular flexibility index (Phi) is 1.26. The van der Waals surface area contributed by atoms with Gasteiger partial charge < -0.3 is 4.42 Å². The summed E-state index contributed by atoms with van der Waals surface area (Å²) in [6.07, 6.45) is 0. The maximum Gasteiger partial charge on any atom is 0.135 e. The average Bonchev–Trinajstić information content (AvgIpc) is 2.61. The van der Waals surface area contributed by atoms with Crippen LogP contribution in [0.4, 0.5) is 0 Å². The van der Waals surface area contributed by atoms with Gasteiger partial charge in [-0.1, -0.05) is 32.4 Å². The van der Waals surface area contributed by atoms with Crippen LogP contribution in [0.5, 0.6) is 0 Å². The van der Waals surface area contributed by atoms with Crippen molar-refractivity contribution in [2.75, 3.05) is 0 Å². The lowest BCUT2D eigenvalue weighted by Crippen LogP contribution is -2.08. The molecule has 1 heterocycles. The maximum absolute atomic E-state index is 8.06. The van der Waals surface area contributed by atoms with Crippen molar-refractivity contribution in [3.05, 3.63) is 35.0 Å². The van der Waals surface area contributed by atoms with Crippen molar-refractivity contribution in [2.45, 2.75) is 26.2 Å². The van der Waals surface area contributed by atoms with Gasteiger partial charge in [-0.05, 0) is 18.1 Å². The molecule has 0 unspecified atom stereocenters. The van der Waals surface area contributed by atoms with Gasteiger partial charge in [-0.3, -0.25) is 0 Å². The third-order valence-electron chi connectivity index (χ3n) is 1.87. The van der Waals surface area contributed by atoms with E-state index in [1.165, 1.54) is 0 Å². The normalized spacial score (nSPS) is 16.3. The fraction of sp³-hybridized carbons (Fsp3) is 0.333. The summed E-state index contributed by atoms with van der Waals surface area (Å²) in [5, 5.41) is 0.0843. The number of furan rings is 1. The Labute approximate surface area is 94.3 Å². The summed E-state index contributed by atoms with van der Waals surface area (Å²) in [4.78, 5) is 0. The van der Waals surface area contributed by atoms with Gasteiger partial charge in [-0.2, -0.15) is 0 Å². The SMILES string of the molecule is [2H]c1c(Cl)c([2H])c2oc(C(C)(C)C)c([2H])c2c1[2H]. The second kappa shape index (κ2) is 3.03. The molecule has 0 radical (unpaired) electrons. The third kappa shape index (κ3) is 1.64. The van der Waals surface area contributed by atoms with Gasteiger partial charge in [-0.15, -0.1) is 0 Å². The molecule has 1 aromatic carbocycles. The average molecular weight is 213 g/mol. The van der Waals surface area contributed by atoms with Gasteiger partial charge in [0, 0.05) is 21.9 Å². The molecule has 0 aliphatic carbocycles. The summed E-state index contributed by atoms with van der Waals surface area (Å²) in [6.45, 7) is 5.66. The van der Waals surface area contributed by atoms with Crippen molar-refractivity contribution in [2.24, 2.45) is 0 Å². The van der Waals surface area contributed by atoms with Gasteiger partial charge >= 0.3 is 0 Å². The number of hydrogen-bond acceptors (Lipinski definition) is 1. The minimum absolute atomic E-state index is 0.0705. The van der Waals surface area contributed by atoms with Gasteiger partial charge in [0.15, 0.2) is 0 Å². The maximum atomic E-state index is 8.06. The fourth-order valence-electron chi connectivity index (χ4n) is 1.11. The largest absolute Gasteiger partial charge is 0.460 e. The Balaban J connectivity index is 2.98. The molecule has 14 heavy (non-hydrogen) atoms. The number of fused-ring (bicyclic) bond motifs is 1. The molecule has 0 fully saturated rings. The summed E-state index contributed by atoms with van der Waals surface area (Å²) in [5.41, 5.74) is -0.278. The second-order valence-electron chi connectivity index (χ2n) is 4.20. The lowest BCUT2D eigenvalue weighted by molar-refractivity contribution is 0.430. The Bertz CT molecular complexity index is 640. The molecule has 0 amide bonds. The molecule has 0 saturated heterocycles. The third-order valence-corrected chi connectivity index (χ3v) is 2.06. The summed E-state index contributed by atoms with van der Waals surface area (Å²) in [6, 6.07) is -0.447. The molecular formula is C12H13ClO. The Morgan fingerprint density at radius 3 is 2.64 bits per heavy atom. The summed E-state index contributed by atoms with van der Waals surface area (Å²) in [5.74, 6) is 0.404. The molecule has 74 valence electrons. The molecule has 0 aliphatic heterocycles. The molecule has 2 aromatic rings. The van der Waals surface area contributed by atoms with Crippen molar-refractivity contribution in [3.8, 4) is 0 Å². The zero-order valence-corrected chi connectivity index (χ0v) is 9.04. The van der Waals surface area contributed by atoms with Crippen LogP contribution in [0.3, 0.4) is 0 Å². The van der Waals surface area contributed by atoms with Crippen LogP contribution < -0.4 is 0 Å². The van der Waals surface area contributed by atoms with Gasteiger partial charge in [0.05, 0.1) is 5.48 Å². The highest BCUT2D eigenvalue weighted by atomic mass is 35.5. The molecule has 2 heteroatoms. The highest BCUT2D eigenvalue weighted by Crippen LogP contribution is 2.30. The van der Waals surface area contributed by atoms with Crippen molar-refractivity contribution in [3.63, 3.8) is 0 Å². The second-order valence-corrected chi connectivity index (χ2v) is 4.58. The van der Waals surface area contributed by atoms with E-state index in [1.54, 1.807) is 0 Å². The topological polar surface area (TPSA) is 13.1 Å². The molecule has 0 atom stereocenters. The van der Waals surface area contributed by atoms with Crippen LogP contribution >= 0.6 is 11.6 Å². The van der Waals surface area contributed by atoms with Crippen LogP contribution in [0, 0.1) is 0 Å². The van der Waals surface area contributed by atoms with Crippen LogP contribution in [0.2, 0.25) is 5.02 Å². The molecule has 0 aliphatic rings. The minimum Gasteiger partial charge on any atom is -0.460 e. The lowest BCUT2D eigenvalue weighted by Gasteiger charge is -2.13.